The highest BCUT2D eigenvalue weighted by atomic mass is 32.2. The number of sulfonamides is 1. The third-order valence-corrected chi connectivity index (χ3v) is 6.36. The smallest absolute Gasteiger partial charge is 0.315 e. The van der Waals surface area contributed by atoms with Gasteiger partial charge in [0.2, 0.25) is 10.0 Å². The molecule has 2 aromatic carbocycles. The van der Waals surface area contributed by atoms with Crippen molar-refractivity contribution in [2.75, 3.05) is 30.6 Å². The Labute approximate surface area is 196 Å². The van der Waals surface area contributed by atoms with Gasteiger partial charge in [0.15, 0.2) is 0 Å². The summed E-state index contributed by atoms with van der Waals surface area (Å²) in [4.78, 5) is 16.1. The van der Waals surface area contributed by atoms with Gasteiger partial charge < -0.3 is 15.4 Å². The number of hydrogen-bond acceptors (Lipinski definition) is 5. The van der Waals surface area contributed by atoms with E-state index >= 15 is 0 Å². The van der Waals surface area contributed by atoms with E-state index < -0.39 is 10.0 Å². The van der Waals surface area contributed by atoms with Gasteiger partial charge in [-0.15, -0.1) is 0 Å². The molecule has 0 unspecified atom stereocenters. The number of nitrogens with zero attached hydrogens (tertiary/aromatic N) is 2. The monoisotopic (exact) mass is 474 g/mol. The van der Waals surface area contributed by atoms with Crippen molar-refractivity contribution in [3.8, 4) is 11.5 Å². The Bertz CT molecular complexity index is 1000. The normalized spacial score (nSPS) is 15.2. The van der Waals surface area contributed by atoms with Crippen molar-refractivity contribution in [2.24, 2.45) is 5.73 Å². The number of nitrogens with one attached hydrogen (secondary N) is 1. The maximum absolute atomic E-state index is 11.8. The van der Waals surface area contributed by atoms with E-state index in [1.807, 2.05) is 17.0 Å². The highest BCUT2D eigenvalue weighted by Gasteiger charge is 2.26. The van der Waals surface area contributed by atoms with Crippen molar-refractivity contribution >= 4 is 21.7 Å². The van der Waals surface area contributed by atoms with Crippen molar-refractivity contribution in [1.29, 1.82) is 0 Å². The van der Waals surface area contributed by atoms with Crippen LogP contribution in [0.2, 0.25) is 0 Å². The number of ether oxygens (including phenoxy) is 1. The Morgan fingerprint density at radius 2 is 1.67 bits per heavy atom. The molecule has 2 aromatic rings. The average Bonchev–Trinajstić information content (AvgIpc) is 2.77. The average molecular weight is 475 g/mol. The Balaban J connectivity index is 1.48. The molecule has 9 heteroatoms. The molecule has 0 saturated carbocycles. The largest absolute Gasteiger partial charge is 0.457 e. The zero-order chi connectivity index (χ0) is 23.8. The third-order valence-electron chi connectivity index (χ3n) is 5.76. The van der Waals surface area contributed by atoms with Gasteiger partial charge in [-0.25, -0.2) is 13.2 Å². The Morgan fingerprint density at radius 1 is 1.09 bits per heavy atom. The summed E-state index contributed by atoms with van der Waals surface area (Å²) >= 11 is 0. The lowest BCUT2D eigenvalue weighted by molar-refractivity contribution is 0.120. The molecule has 2 amide bonds. The van der Waals surface area contributed by atoms with E-state index in [1.54, 1.807) is 24.3 Å². The molecule has 0 bridgehead atoms. The third kappa shape index (κ3) is 7.94. The highest BCUT2D eigenvalue weighted by molar-refractivity contribution is 7.92. The van der Waals surface area contributed by atoms with Crippen LogP contribution in [0.5, 0.6) is 11.5 Å². The lowest BCUT2D eigenvalue weighted by Crippen LogP contribution is -2.49. The van der Waals surface area contributed by atoms with Crippen molar-refractivity contribution < 1.29 is 17.9 Å². The number of rotatable bonds is 10. The minimum atomic E-state index is -3.30. The van der Waals surface area contributed by atoms with Crippen molar-refractivity contribution in [3.63, 3.8) is 0 Å². The quantitative estimate of drug-likeness (QED) is 0.542. The molecule has 0 spiro atoms. The molecule has 8 nitrogen and oxygen atoms in total. The first-order chi connectivity index (χ1) is 15.7. The van der Waals surface area contributed by atoms with E-state index in [0.29, 0.717) is 17.2 Å². The number of amides is 2. The molecule has 1 heterocycles. The fraction of sp³-hybridized carbons (Fsp3) is 0.458. The fourth-order valence-corrected chi connectivity index (χ4v) is 4.62. The van der Waals surface area contributed by atoms with Gasteiger partial charge in [0.1, 0.15) is 11.5 Å². The Kier molecular flexibility index (Phi) is 8.57. The van der Waals surface area contributed by atoms with Crippen LogP contribution in [0.4, 0.5) is 10.5 Å². The minimum absolute atomic E-state index is 0.236. The number of hydrogen-bond donors (Lipinski definition) is 2. The van der Waals surface area contributed by atoms with Crippen LogP contribution in [-0.2, 0) is 16.6 Å². The van der Waals surface area contributed by atoms with Gasteiger partial charge in [0, 0.05) is 37.9 Å². The lowest BCUT2D eigenvalue weighted by Gasteiger charge is -2.37. The molecular weight excluding hydrogens is 440 g/mol. The number of primary amides is 1. The van der Waals surface area contributed by atoms with E-state index in [-0.39, 0.29) is 12.1 Å². The molecule has 0 atom stereocenters. The van der Waals surface area contributed by atoms with Gasteiger partial charge in [-0.2, -0.15) is 0 Å². The molecule has 3 rings (SSSR count). The summed E-state index contributed by atoms with van der Waals surface area (Å²) in [5, 5.41) is 0. The predicted molar refractivity (Wildman–Crippen MR) is 131 cm³/mol. The first kappa shape index (κ1) is 24.9. The van der Waals surface area contributed by atoms with Crippen molar-refractivity contribution in [2.45, 2.75) is 45.2 Å². The van der Waals surface area contributed by atoms with Gasteiger partial charge in [-0.1, -0.05) is 25.5 Å². The molecule has 1 aliphatic rings. The number of unbranched alkanes of at least 4 members (excludes halogenated alkanes) is 1. The van der Waals surface area contributed by atoms with Crippen LogP contribution in [0, 0.1) is 0 Å². The van der Waals surface area contributed by atoms with Gasteiger partial charge in [0.25, 0.3) is 0 Å². The zero-order valence-electron chi connectivity index (χ0n) is 19.4. The standard InChI is InChI=1S/C24H34N4O4S/c1-3-4-15-28(24(25)29)21-13-16-27(17-14-21)18-19-5-9-22(10-6-19)32-23-11-7-20(8-12-23)26-33(2,30)31/h5-12,21,26H,3-4,13-18H2,1-2H3,(H2,25,29). The SMILES string of the molecule is CCCCN(C(N)=O)C1CCN(Cc2ccc(Oc3ccc(NS(C)(=O)=O)cc3)cc2)CC1. The summed E-state index contributed by atoms with van der Waals surface area (Å²) in [5.74, 6) is 1.35. The molecule has 1 saturated heterocycles. The van der Waals surface area contributed by atoms with Gasteiger partial charge in [-0.05, 0) is 61.2 Å². The highest BCUT2D eigenvalue weighted by Crippen LogP contribution is 2.25. The van der Waals surface area contributed by atoms with E-state index in [2.05, 4.69) is 28.7 Å². The molecular formula is C24H34N4O4S. The summed E-state index contributed by atoms with van der Waals surface area (Å²) in [6.07, 6.45) is 5.04. The van der Waals surface area contributed by atoms with Crippen LogP contribution in [0.15, 0.2) is 48.5 Å². The predicted octanol–water partition coefficient (Wildman–Crippen LogP) is 4.00. The number of anilines is 1. The van der Waals surface area contributed by atoms with Crippen LogP contribution < -0.4 is 15.2 Å². The summed E-state index contributed by atoms with van der Waals surface area (Å²) in [7, 11) is -3.30. The summed E-state index contributed by atoms with van der Waals surface area (Å²) < 4.78 is 30.9. The maximum Gasteiger partial charge on any atom is 0.315 e. The van der Waals surface area contributed by atoms with Crippen LogP contribution in [0.25, 0.3) is 0 Å². The summed E-state index contributed by atoms with van der Waals surface area (Å²) in [6, 6.07) is 14.7. The minimum Gasteiger partial charge on any atom is -0.457 e. The molecule has 0 aromatic heterocycles. The molecule has 0 radical (unpaired) electrons. The molecule has 180 valence electrons. The second-order valence-corrected chi connectivity index (χ2v) is 10.3. The number of benzene rings is 2. The van der Waals surface area contributed by atoms with Crippen LogP contribution in [-0.4, -0.2) is 56.2 Å². The molecule has 1 aliphatic heterocycles. The van der Waals surface area contributed by atoms with E-state index in [9.17, 15) is 13.2 Å². The van der Waals surface area contributed by atoms with Crippen molar-refractivity contribution in [3.05, 3.63) is 54.1 Å². The molecule has 1 fully saturated rings. The van der Waals surface area contributed by atoms with Crippen LogP contribution in [0.3, 0.4) is 0 Å². The number of urea groups is 1. The number of nitrogens with two attached hydrogens (primary N) is 1. The summed E-state index contributed by atoms with van der Waals surface area (Å²) in [5.41, 5.74) is 7.30. The molecule has 0 aliphatic carbocycles. The van der Waals surface area contributed by atoms with Crippen LogP contribution >= 0.6 is 0 Å². The second-order valence-electron chi connectivity index (χ2n) is 8.54. The Morgan fingerprint density at radius 3 is 2.18 bits per heavy atom. The van der Waals surface area contributed by atoms with E-state index in [1.165, 1.54) is 5.56 Å². The first-order valence-corrected chi connectivity index (χ1v) is 13.3. The van der Waals surface area contributed by atoms with Crippen molar-refractivity contribution in [1.82, 2.24) is 9.80 Å². The second kappa shape index (κ2) is 11.4. The van der Waals surface area contributed by atoms with Gasteiger partial charge in [0.05, 0.1) is 6.26 Å². The van der Waals surface area contributed by atoms with E-state index in [4.69, 9.17) is 10.5 Å². The molecule has 3 N–H and O–H groups in total. The van der Waals surface area contributed by atoms with Crippen LogP contribution in [0.1, 0.15) is 38.2 Å². The summed E-state index contributed by atoms with van der Waals surface area (Å²) in [6.45, 7) is 5.59. The number of carbonyl (C=O) groups is 1. The topological polar surface area (TPSA) is 105 Å². The Hall–Kier alpha value is -2.78. The number of piperidine rings is 1. The van der Waals surface area contributed by atoms with Gasteiger partial charge >= 0.3 is 6.03 Å². The first-order valence-electron chi connectivity index (χ1n) is 11.4. The van der Waals surface area contributed by atoms with E-state index in [0.717, 1.165) is 58.1 Å². The maximum atomic E-state index is 11.8. The fourth-order valence-electron chi connectivity index (χ4n) is 4.05. The lowest BCUT2D eigenvalue weighted by atomic mass is 10.0. The number of likely N-dealkylation sites (tertiary alicyclic amines) is 1. The van der Waals surface area contributed by atoms with Gasteiger partial charge in [-0.3, -0.25) is 9.62 Å². The molecule has 33 heavy (non-hydrogen) atoms. The zero-order valence-corrected chi connectivity index (χ0v) is 20.2. The number of carbonyl (C=O) groups excluding carboxylic acids is 1.